The van der Waals surface area contributed by atoms with Crippen LogP contribution >= 0.6 is 0 Å². The lowest BCUT2D eigenvalue weighted by molar-refractivity contribution is 1.54. The summed E-state index contributed by atoms with van der Waals surface area (Å²) in [7, 11) is 0. The Hall–Kier alpha value is -4.30. The maximum absolute atomic E-state index is 3.70. The molecular formula is C30H20N2. The van der Waals surface area contributed by atoms with Gasteiger partial charge in [0.25, 0.3) is 0 Å². The zero-order valence-corrected chi connectivity index (χ0v) is 17.4. The maximum Gasteiger partial charge on any atom is 0.0566 e. The molecule has 32 heavy (non-hydrogen) atoms. The average molecular weight is 409 g/mol. The van der Waals surface area contributed by atoms with E-state index in [1.165, 1.54) is 54.8 Å². The van der Waals surface area contributed by atoms with Gasteiger partial charge >= 0.3 is 0 Å². The first-order chi connectivity index (χ1) is 15.8. The van der Waals surface area contributed by atoms with Crippen molar-refractivity contribution in [2.75, 3.05) is 0 Å². The third-order valence-corrected chi connectivity index (χ3v) is 6.55. The van der Waals surface area contributed by atoms with E-state index in [4.69, 9.17) is 0 Å². The summed E-state index contributed by atoms with van der Waals surface area (Å²) in [4.78, 5) is 7.35. The largest absolute Gasteiger partial charge is 0.354 e. The van der Waals surface area contributed by atoms with Crippen LogP contribution in [-0.4, -0.2) is 9.97 Å². The highest BCUT2D eigenvalue weighted by Gasteiger charge is 2.13. The molecule has 0 aliphatic carbocycles. The van der Waals surface area contributed by atoms with Crippen LogP contribution < -0.4 is 0 Å². The van der Waals surface area contributed by atoms with E-state index in [2.05, 4.69) is 119 Å². The second-order valence-electron chi connectivity index (χ2n) is 8.41. The van der Waals surface area contributed by atoms with Crippen molar-refractivity contribution < 1.29 is 0 Å². The van der Waals surface area contributed by atoms with Crippen LogP contribution in [0.5, 0.6) is 0 Å². The van der Waals surface area contributed by atoms with Crippen LogP contribution in [-0.2, 0) is 0 Å². The monoisotopic (exact) mass is 408 g/mol. The fraction of sp³-hybridized carbons (Fsp3) is 0. The first kappa shape index (κ1) is 17.4. The highest BCUT2D eigenvalue weighted by Crippen LogP contribution is 2.38. The summed E-state index contributed by atoms with van der Waals surface area (Å²) in [6.45, 7) is 0. The molecule has 0 bridgehead atoms. The van der Waals surface area contributed by atoms with E-state index in [9.17, 15) is 0 Å². The van der Waals surface area contributed by atoms with E-state index in [1.807, 2.05) is 0 Å². The second kappa shape index (κ2) is 6.60. The summed E-state index contributed by atoms with van der Waals surface area (Å²) in [5, 5.41) is 5.03. The summed E-state index contributed by atoms with van der Waals surface area (Å²) in [6, 6.07) is 39.0. The first-order valence-corrected chi connectivity index (χ1v) is 11.0. The van der Waals surface area contributed by atoms with Gasteiger partial charge in [0.15, 0.2) is 0 Å². The Labute approximate surface area is 185 Å². The SMILES string of the molecule is c1ccc(-c2ccc3c(c2)[nH]c2ccc4c5cc(-c6ccccc6)ccc5[nH]c4c23)cc1. The van der Waals surface area contributed by atoms with Gasteiger partial charge in [-0.1, -0.05) is 84.9 Å². The Morgan fingerprint density at radius 3 is 1.75 bits per heavy atom. The zero-order valence-electron chi connectivity index (χ0n) is 17.4. The van der Waals surface area contributed by atoms with Gasteiger partial charge in [0.05, 0.1) is 5.52 Å². The molecule has 0 saturated carbocycles. The van der Waals surface area contributed by atoms with Crippen molar-refractivity contribution in [3.05, 3.63) is 109 Å². The molecule has 2 heterocycles. The molecule has 150 valence electrons. The standard InChI is InChI=1S/C30H20N2/c1-3-7-19(8-4-1)21-12-15-26-25(17-21)23-14-16-27-29(30(23)32-26)24-13-11-22(18-28(24)31-27)20-9-5-2-6-10-20/h1-18,31-32H. The molecule has 0 spiro atoms. The molecule has 2 aromatic heterocycles. The van der Waals surface area contributed by atoms with Gasteiger partial charge < -0.3 is 9.97 Å². The predicted octanol–water partition coefficient (Wildman–Crippen LogP) is 8.29. The van der Waals surface area contributed by atoms with Crippen LogP contribution in [0.15, 0.2) is 109 Å². The van der Waals surface area contributed by atoms with Gasteiger partial charge in [0.1, 0.15) is 0 Å². The summed E-state index contributed by atoms with van der Waals surface area (Å²) in [5.74, 6) is 0. The number of aromatic amines is 2. The number of rotatable bonds is 2. The molecule has 0 atom stereocenters. The number of H-pyrrole nitrogens is 2. The minimum Gasteiger partial charge on any atom is -0.354 e. The van der Waals surface area contributed by atoms with Crippen molar-refractivity contribution in [1.29, 1.82) is 0 Å². The number of aromatic nitrogens is 2. The molecule has 0 aliphatic heterocycles. The van der Waals surface area contributed by atoms with E-state index in [-0.39, 0.29) is 0 Å². The number of hydrogen-bond acceptors (Lipinski definition) is 0. The highest BCUT2D eigenvalue weighted by atomic mass is 14.7. The van der Waals surface area contributed by atoms with Crippen LogP contribution in [0.2, 0.25) is 0 Å². The molecule has 0 saturated heterocycles. The van der Waals surface area contributed by atoms with Crippen molar-refractivity contribution >= 4 is 43.6 Å². The second-order valence-corrected chi connectivity index (χ2v) is 8.41. The average Bonchev–Trinajstić information content (AvgIpc) is 3.42. The highest BCUT2D eigenvalue weighted by molar-refractivity contribution is 6.24. The molecule has 0 radical (unpaired) electrons. The Balaban J connectivity index is 1.48. The van der Waals surface area contributed by atoms with Crippen molar-refractivity contribution in [3.8, 4) is 22.3 Å². The molecule has 2 N–H and O–H groups in total. The number of benzene rings is 5. The van der Waals surface area contributed by atoms with Crippen molar-refractivity contribution in [2.45, 2.75) is 0 Å². The number of hydrogen-bond donors (Lipinski definition) is 2. The van der Waals surface area contributed by atoms with Crippen molar-refractivity contribution in [3.63, 3.8) is 0 Å². The molecule has 0 aliphatic rings. The number of fused-ring (bicyclic) bond motifs is 7. The Morgan fingerprint density at radius 2 is 1.00 bits per heavy atom. The minimum absolute atomic E-state index is 1.16. The Kier molecular flexibility index (Phi) is 3.58. The molecule has 7 aromatic rings. The van der Waals surface area contributed by atoms with Crippen molar-refractivity contribution in [1.82, 2.24) is 9.97 Å². The third kappa shape index (κ3) is 2.53. The molecular weight excluding hydrogens is 388 g/mol. The number of nitrogens with one attached hydrogen (secondary N) is 2. The summed E-state index contributed by atoms with van der Waals surface area (Å²) < 4.78 is 0. The molecule has 0 fully saturated rings. The van der Waals surface area contributed by atoms with Gasteiger partial charge in [-0.25, -0.2) is 0 Å². The summed E-state index contributed by atoms with van der Waals surface area (Å²) >= 11 is 0. The topological polar surface area (TPSA) is 31.6 Å². The molecule has 2 nitrogen and oxygen atoms in total. The first-order valence-electron chi connectivity index (χ1n) is 11.0. The van der Waals surface area contributed by atoms with Gasteiger partial charge in [-0.2, -0.15) is 0 Å². The van der Waals surface area contributed by atoms with Gasteiger partial charge in [-0.05, 0) is 46.5 Å². The van der Waals surface area contributed by atoms with E-state index in [0.717, 1.165) is 11.0 Å². The quantitative estimate of drug-likeness (QED) is 0.288. The normalized spacial score (nSPS) is 11.8. The lowest BCUT2D eigenvalue weighted by Crippen LogP contribution is -1.77. The maximum atomic E-state index is 3.70. The van der Waals surface area contributed by atoms with E-state index < -0.39 is 0 Å². The Bertz CT molecular complexity index is 1750. The zero-order chi connectivity index (χ0) is 21.1. The van der Waals surface area contributed by atoms with Gasteiger partial charge in [-0.15, -0.1) is 0 Å². The third-order valence-electron chi connectivity index (χ3n) is 6.55. The smallest absolute Gasteiger partial charge is 0.0566 e. The lowest BCUT2D eigenvalue weighted by atomic mass is 10.0. The molecule has 0 unspecified atom stereocenters. The summed E-state index contributed by atoms with van der Waals surface area (Å²) in [6.07, 6.45) is 0. The Morgan fingerprint density at radius 1 is 0.375 bits per heavy atom. The van der Waals surface area contributed by atoms with Gasteiger partial charge in [0, 0.05) is 38.1 Å². The van der Waals surface area contributed by atoms with E-state index >= 15 is 0 Å². The van der Waals surface area contributed by atoms with Crippen LogP contribution in [0.3, 0.4) is 0 Å². The molecule has 7 rings (SSSR count). The fourth-order valence-electron chi connectivity index (χ4n) is 4.98. The molecule has 2 heteroatoms. The lowest BCUT2D eigenvalue weighted by Gasteiger charge is -2.02. The van der Waals surface area contributed by atoms with Crippen LogP contribution in [0.25, 0.3) is 65.9 Å². The fourth-order valence-corrected chi connectivity index (χ4v) is 4.98. The predicted molar refractivity (Wildman–Crippen MR) is 136 cm³/mol. The van der Waals surface area contributed by atoms with E-state index in [0.29, 0.717) is 0 Å². The van der Waals surface area contributed by atoms with Crippen LogP contribution in [0.4, 0.5) is 0 Å². The van der Waals surface area contributed by atoms with Crippen LogP contribution in [0, 0.1) is 0 Å². The summed E-state index contributed by atoms with van der Waals surface area (Å²) in [5.41, 5.74) is 9.63. The van der Waals surface area contributed by atoms with Gasteiger partial charge in [-0.3, -0.25) is 0 Å². The molecule has 5 aromatic carbocycles. The molecule has 0 amide bonds. The van der Waals surface area contributed by atoms with Gasteiger partial charge in [0.2, 0.25) is 0 Å². The van der Waals surface area contributed by atoms with E-state index in [1.54, 1.807) is 0 Å². The minimum atomic E-state index is 1.16. The van der Waals surface area contributed by atoms with Crippen LogP contribution in [0.1, 0.15) is 0 Å². The van der Waals surface area contributed by atoms with Crippen molar-refractivity contribution in [2.24, 2.45) is 0 Å².